The summed E-state index contributed by atoms with van der Waals surface area (Å²) >= 11 is 0. The predicted molar refractivity (Wildman–Crippen MR) is 185 cm³/mol. The molecule has 3 heterocycles. The highest BCUT2D eigenvalue weighted by molar-refractivity contribution is 7.91. The van der Waals surface area contributed by atoms with Crippen LogP contribution in [0.5, 0.6) is 0 Å². The molecule has 2 aromatic heterocycles. The van der Waals surface area contributed by atoms with Gasteiger partial charge in [-0.25, -0.2) is 18.2 Å². The van der Waals surface area contributed by atoms with Gasteiger partial charge in [0.15, 0.2) is 0 Å². The zero-order valence-corrected chi connectivity index (χ0v) is 27.3. The first-order valence-corrected chi connectivity index (χ1v) is 17.8. The maximum Gasteiger partial charge on any atom is 0.355 e. The number of sulfonamides is 1. The van der Waals surface area contributed by atoms with E-state index in [-0.39, 0.29) is 25.4 Å². The van der Waals surface area contributed by atoms with Gasteiger partial charge in [0.25, 0.3) is 0 Å². The molecule has 246 valence electrons. The Morgan fingerprint density at radius 3 is 2.47 bits per heavy atom. The number of likely N-dealkylation sites (tertiary alicyclic amines) is 1. The molecule has 3 N–H and O–H groups in total. The molecule has 0 aliphatic carbocycles. The molecular formula is C36H41N5O5S. The maximum absolute atomic E-state index is 13.5. The van der Waals surface area contributed by atoms with E-state index in [2.05, 4.69) is 9.62 Å². The van der Waals surface area contributed by atoms with Crippen molar-refractivity contribution in [1.29, 1.82) is 0 Å². The molecule has 3 aromatic carbocycles. The number of pyridine rings is 1. The van der Waals surface area contributed by atoms with Gasteiger partial charge >= 0.3 is 5.97 Å². The molecule has 11 heteroatoms. The molecule has 0 atom stereocenters. The Morgan fingerprint density at radius 2 is 1.66 bits per heavy atom. The third-order valence-electron chi connectivity index (χ3n) is 8.43. The number of fused-ring (bicyclic) bond motifs is 2. The third-order valence-corrected chi connectivity index (χ3v) is 9.69. The van der Waals surface area contributed by atoms with Crippen molar-refractivity contribution in [2.45, 2.75) is 38.1 Å². The second-order valence-corrected chi connectivity index (χ2v) is 13.6. The lowest BCUT2D eigenvalue weighted by atomic mass is 10.0. The number of ether oxygens (including phenoxy) is 2. The van der Waals surface area contributed by atoms with Crippen molar-refractivity contribution in [3.8, 4) is 0 Å². The first-order chi connectivity index (χ1) is 22.9. The average Bonchev–Trinajstić information content (AvgIpc) is 3.44. The zero-order valence-electron chi connectivity index (χ0n) is 26.4. The number of aromatic nitrogens is 2. The molecule has 1 aliphatic heterocycles. The van der Waals surface area contributed by atoms with Gasteiger partial charge in [0, 0.05) is 24.2 Å². The summed E-state index contributed by atoms with van der Waals surface area (Å²) in [5.74, 6) is -0.636. The van der Waals surface area contributed by atoms with Crippen LogP contribution in [-0.4, -0.2) is 68.3 Å². The predicted octanol–water partition coefficient (Wildman–Crippen LogP) is 5.30. The number of nitrogens with one attached hydrogen (secondary N) is 1. The first kappa shape index (κ1) is 32.6. The molecule has 1 saturated heterocycles. The van der Waals surface area contributed by atoms with E-state index in [0.717, 1.165) is 41.4 Å². The van der Waals surface area contributed by atoms with E-state index in [9.17, 15) is 13.2 Å². The van der Waals surface area contributed by atoms with Crippen LogP contribution in [0.15, 0.2) is 84.9 Å². The largest absolute Gasteiger partial charge is 0.459 e. The number of benzene rings is 3. The molecular weight excluding hydrogens is 614 g/mol. The molecule has 1 fully saturated rings. The van der Waals surface area contributed by atoms with Gasteiger partial charge in [0.1, 0.15) is 17.9 Å². The Balaban J connectivity index is 1.24. The molecule has 1 aliphatic rings. The van der Waals surface area contributed by atoms with E-state index in [1.807, 2.05) is 71.3 Å². The summed E-state index contributed by atoms with van der Waals surface area (Å²) in [6, 6.07) is 26.0. The average molecular weight is 656 g/mol. The summed E-state index contributed by atoms with van der Waals surface area (Å²) in [4.78, 5) is 20.7. The first-order valence-electron chi connectivity index (χ1n) is 16.1. The SMILES string of the molecule is NCc1ccc2cc(C(=O)OCCOCCN3CCCCC3)n(Cc3cc(NS(=O)(=O)Cc4ccccc4)cc4ccccc34)c2n1. The number of carbonyl (C=O) groups is 1. The smallest absolute Gasteiger partial charge is 0.355 e. The van der Waals surface area contributed by atoms with Crippen LogP contribution in [0.1, 0.15) is 46.6 Å². The number of carbonyl (C=O) groups excluding carboxylic acids is 1. The van der Waals surface area contributed by atoms with E-state index in [1.54, 1.807) is 18.2 Å². The highest BCUT2D eigenvalue weighted by Crippen LogP contribution is 2.29. The third kappa shape index (κ3) is 8.36. The van der Waals surface area contributed by atoms with Crippen molar-refractivity contribution in [2.24, 2.45) is 5.73 Å². The van der Waals surface area contributed by atoms with E-state index in [0.29, 0.717) is 41.5 Å². The molecule has 0 saturated carbocycles. The molecule has 47 heavy (non-hydrogen) atoms. The normalized spacial score (nSPS) is 14.1. The molecule has 0 unspecified atom stereocenters. The lowest BCUT2D eigenvalue weighted by Gasteiger charge is -2.26. The van der Waals surface area contributed by atoms with Crippen molar-refractivity contribution >= 4 is 43.5 Å². The molecule has 0 spiro atoms. The van der Waals surface area contributed by atoms with Crippen molar-refractivity contribution < 1.29 is 22.7 Å². The molecule has 5 aromatic rings. The zero-order chi connectivity index (χ0) is 32.6. The lowest BCUT2D eigenvalue weighted by Crippen LogP contribution is -2.32. The number of rotatable bonds is 14. The van der Waals surface area contributed by atoms with E-state index in [4.69, 9.17) is 20.2 Å². The van der Waals surface area contributed by atoms with Gasteiger partial charge in [-0.15, -0.1) is 0 Å². The summed E-state index contributed by atoms with van der Waals surface area (Å²) < 4.78 is 42.3. The number of hydrogen-bond donors (Lipinski definition) is 2. The van der Waals surface area contributed by atoms with E-state index >= 15 is 0 Å². The van der Waals surface area contributed by atoms with Crippen LogP contribution in [-0.2, 0) is 38.3 Å². The number of esters is 1. The van der Waals surface area contributed by atoms with Crippen LogP contribution in [0.4, 0.5) is 5.69 Å². The molecule has 0 amide bonds. The Labute approximate surface area is 275 Å². The topological polar surface area (TPSA) is 129 Å². The number of nitrogens with zero attached hydrogens (tertiary/aromatic N) is 3. The fourth-order valence-corrected chi connectivity index (χ4v) is 7.30. The molecule has 0 radical (unpaired) electrons. The van der Waals surface area contributed by atoms with Gasteiger partial charge in [-0.3, -0.25) is 4.72 Å². The Kier molecular flexibility index (Phi) is 10.5. The molecule has 6 rings (SSSR count). The fourth-order valence-electron chi connectivity index (χ4n) is 6.11. The molecule has 10 nitrogen and oxygen atoms in total. The standard InChI is InChI=1S/C36H41N5O5S/c37-24-31-14-13-29-23-34(36(42)46-20-19-45-18-17-40-15-7-2-8-16-40)41(35(29)38-31)25-30-22-32(21-28-11-5-6-12-33(28)30)39-47(43,44)26-27-9-3-1-4-10-27/h1,3-6,9-14,21-23,39H,2,7-8,15-20,24-26,37H2. The van der Waals surface area contributed by atoms with Crippen molar-refractivity contribution in [3.05, 3.63) is 107 Å². The van der Waals surface area contributed by atoms with E-state index in [1.165, 1.54) is 19.3 Å². The van der Waals surface area contributed by atoms with Gasteiger partial charge in [-0.05, 0) is 78.2 Å². The summed E-state index contributed by atoms with van der Waals surface area (Å²) in [6.07, 6.45) is 3.76. The minimum atomic E-state index is -3.70. The minimum Gasteiger partial charge on any atom is -0.459 e. The van der Waals surface area contributed by atoms with E-state index < -0.39 is 16.0 Å². The Morgan fingerprint density at radius 1 is 0.872 bits per heavy atom. The van der Waals surface area contributed by atoms with Gasteiger partial charge in [-0.1, -0.05) is 61.0 Å². The van der Waals surface area contributed by atoms with Crippen molar-refractivity contribution in [3.63, 3.8) is 0 Å². The summed E-state index contributed by atoms with van der Waals surface area (Å²) in [5, 5.41) is 2.56. The van der Waals surface area contributed by atoms with Gasteiger partial charge in [0.2, 0.25) is 10.0 Å². The van der Waals surface area contributed by atoms with Gasteiger partial charge in [-0.2, -0.15) is 0 Å². The van der Waals surface area contributed by atoms with Crippen LogP contribution in [0.25, 0.3) is 21.8 Å². The van der Waals surface area contributed by atoms with Gasteiger partial charge < -0.3 is 24.7 Å². The van der Waals surface area contributed by atoms with Crippen LogP contribution in [0, 0.1) is 0 Å². The second-order valence-electron chi connectivity index (χ2n) is 11.9. The number of anilines is 1. The Bertz CT molecular complexity index is 1940. The summed E-state index contributed by atoms with van der Waals surface area (Å²) in [5.41, 5.74) is 9.49. The van der Waals surface area contributed by atoms with Crippen LogP contribution < -0.4 is 10.5 Å². The second kappa shape index (κ2) is 15.1. The van der Waals surface area contributed by atoms with Crippen LogP contribution >= 0.6 is 0 Å². The monoisotopic (exact) mass is 655 g/mol. The van der Waals surface area contributed by atoms with Gasteiger partial charge in [0.05, 0.1) is 31.2 Å². The van der Waals surface area contributed by atoms with Crippen LogP contribution in [0.2, 0.25) is 0 Å². The summed E-state index contributed by atoms with van der Waals surface area (Å²) in [7, 11) is -3.70. The fraction of sp³-hybridized carbons (Fsp3) is 0.333. The molecule has 0 bridgehead atoms. The highest BCUT2D eigenvalue weighted by Gasteiger charge is 2.21. The quantitative estimate of drug-likeness (QED) is 0.122. The maximum atomic E-state index is 13.5. The van der Waals surface area contributed by atoms with Crippen molar-refractivity contribution in [2.75, 3.05) is 44.2 Å². The van der Waals surface area contributed by atoms with Crippen LogP contribution in [0.3, 0.4) is 0 Å². The Hall–Kier alpha value is -4.29. The number of nitrogens with two attached hydrogens (primary N) is 1. The highest BCUT2D eigenvalue weighted by atomic mass is 32.2. The minimum absolute atomic E-state index is 0.128. The summed E-state index contributed by atoms with van der Waals surface area (Å²) in [6.45, 7) is 4.64. The number of hydrogen-bond acceptors (Lipinski definition) is 8. The van der Waals surface area contributed by atoms with Crippen molar-refractivity contribution in [1.82, 2.24) is 14.5 Å². The number of piperidine rings is 1. The lowest BCUT2D eigenvalue weighted by molar-refractivity contribution is 0.0266.